The Bertz CT molecular complexity index is 1510. The molecule has 1 saturated carbocycles. The molecule has 0 bridgehead atoms. The number of carbonyl (C=O) groups is 2. The number of rotatable bonds is 8. The summed E-state index contributed by atoms with van der Waals surface area (Å²) in [5.74, 6) is -1.88. The van der Waals surface area contributed by atoms with Crippen LogP contribution >= 0.6 is 27.3 Å². The molecule has 3 aliphatic rings. The molecule has 10 nitrogen and oxygen atoms in total. The Morgan fingerprint density at radius 1 is 1.29 bits per heavy atom. The van der Waals surface area contributed by atoms with Crippen molar-refractivity contribution in [2.45, 2.75) is 50.8 Å². The summed E-state index contributed by atoms with van der Waals surface area (Å²) in [6, 6.07) is 3.67. The first-order valence-electron chi connectivity index (χ1n) is 13.3. The fourth-order valence-electron chi connectivity index (χ4n) is 5.67. The predicted molar refractivity (Wildman–Crippen MR) is 154 cm³/mol. The number of nitrogens with one attached hydrogen (secondary N) is 1. The molecule has 41 heavy (non-hydrogen) atoms. The Balaban J connectivity index is 1.47. The van der Waals surface area contributed by atoms with Gasteiger partial charge in [0, 0.05) is 36.3 Å². The number of esters is 1. The van der Waals surface area contributed by atoms with E-state index >= 15 is 0 Å². The number of carboxylic acids is 1. The second kappa shape index (κ2) is 11.5. The van der Waals surface area contributed by atoms with E-state index in [4.69, 9.17) is 9.73 Å². The zero-order valence-electron chi connectivity index (χ0n) is 22.5. The number of sulfonamides is 1. The summed E-state index contributed by atoms with van der Waals surface area (Å²) in [5.41, 5.74) is 0.236. The fourth-order valence-corrected chi connectivity index (χ4v) is 9.03. The molecule has 2 aliphatic heterocycles. The number of thiazole rings is 1. The number of hydrogen-bond donors (Lipinski definition) is 2. The van der Waals surface area contributed by atoms with Crippen molar-refractivity contribution in [3.05, 3.63) is 61.9 Å². The van der Waals surface area contributed by atoms with Crippen molar-refractivity contribution < 1.29 is 32.2 Å². The van der Waals surface area contributed by atoms with E-state index in [9.17, 15) is 27.5 Å². The third-order valence-electron chi connectivity index (χ3n) is 8.00. The van der Waals surface area contributed by atoms with Gasteiger partial charge in [0.1, 0.15) is 11.9 Å². The maximum atomic E-state index is 14.6. The first kappa shape index (κ1) is 29.8. The van der Waals surface area contributed by atoms with E-state index in [2.05, 4.69) is 26.2 Å². The SMILES string of the molecule is CCOC(=O)C1=C(C2CCN(S(=O)(=O)C3CC(C)(C(=O)O)C3)CC2)NC(c2nccs2)=NC1c1cccc(F)c1Br. The number of nitrogens with zero attached hydrogens (tertiary/aromatic N) is 3. The van der Waals surface area contributed by atoms with Gasteiger partial charge in [-0.1, -0.05) is 12.1 Å². The zero-order chi connectivity index (χ0) is 29.5. The Kier molecular flexibility index (Phi) is 8.39. The molecule has 1 saturated heterocycles. The lowest BCUT2D eigenvalue weighted by Crippen LogP contribution is -2.54. The number of aliphatic imine (C=N–C) groups is 1. The van der Waals surface area contributed by atoms with Crippen molar-refractivity contribution >= 4 is 55.1 Å². The van der Waals surface area contributed by atoms with Gasteiger partial charge in [-0.3, -0.25) is 9.79 Å². The van der Waals surface area contributed by atoms with Crippen molar-refractivity contribution in [1.82, 2.24) is 14.6 Å². The topological polar surface area (TPSA) is 138 Å². The fraction of sp³-hybridized carbons (Fsp3) is 0.481. The number of aromatic nitrogens is 1. The third-order valence-corrected chi connectivity index (χ3v) is 11.9. The monoisotopic (exact) mass is 668 g/mol. The Hall–Kier alpha value is -2.68. The lowest BCUT2D eigenvalue weighted by Gasteiger charge is -2.44. The maximum absolute atomic E-state index is 14.6. The van der Waals surface area contributed by atoms with Gasteiger partial charge in [-0.2, -0.15) is 0 Å². The molecule has 1 aromatic carbocycles. The molecule has 1 aliphatic carbocycles. The largest absolute Gasteiger partial charge is 0.481 e. The summed E-state index contributed by atoms with van der Waals surface area (Å²) < 4.78 is 48.3. The number of aliphatic carboxylic acids is 1. The van der Waals surface area contributed by atoms with Crippen molar-refractivity contribution in [2.75, 3.05) is 19.7 Å². The zero-order valence-corrected chi connectivity index (χ0v) is 25.7. The molecule has 2 fully saturated rings. The summed E-state index contributed by atoms with van der Waals surface area (Å²) >= 11 is 4.69. The normalized spacial score (nSPS) is 25.7. The second-order valence-corrected chi connectivity index (χ2v) is 14.5. The van der Waals surface area contributed by atoms with Gasteiger partial charge in [-0.15, -0.1) is 11.3 Å². The average Bonchev–Trinajstić information content (AvgIpc) is 3.47. The molecule has 1 atom stereocenters. The smallest absolute Gasteiger partial charge is 0.338 e. The van der Waals surface area contributed by atoms with Crippen molar-refractivity contribution in [2.24, 2.45) is 16.3 Å². The minimum Gasteiger partial charge on any atom is -0.481 e. The molecular weight excluding hydrogens is 639 g/mol. The Labute approximate surface area is 249 Å². The predicted octanol–water partition coefficient (Wildman–Crippen LogP) is 4.25. The van der Waals surface area contributed by atoms with Crippen LogP contribution < -0.4 is 5.32 Å². The van der Waals surface area contributed by atoms with E-state index in [0.717, 1.165) is 0 Å². The third kappa shape index (κ3) is 5.58. The van der Waals surface area contributed by atoms with Gasteiger partial charge in [0.25, 0.3) is 0 Å². The number of halogens is 2. The number of carboxylic acid groups (broad SMARTS) is 1. The van der Waals surface area contributed by atoms with Gasteiger partial charge in [0.05, 0.1) is 27.3 Å². The summed E-state index contributed by atoms with van der Waals surface area (Å²) in [5, 5.41) is 14.4. The summed E-state index contributed by atoms with van der Waals surface area (Å²) in [7, 11) is -3.67. The van der Waals surface area contributed by atoms with Gasteiger partial charge in [-0.25, -0.2) is 26.9 Å². The first-order chi connectivity index (χ1) is 19.5. The van der Waals surface area contributed by atoms with Gasteiger partial charge >= 0.3 is 11.9 Å². The van der Waals surface area contributed by atoms with Crippen LogP contribution in [-0.2, 0) is 24.3 Å². The molecule has 5 rings (SSSR count). The van der Waals surface area contributed by atoms with E-state index < -0.39 is 44.5 Å². The number of amidine groups is 1. The molecule has 2 N–H and O–H groups in total. The minimum absolute atomic E-state index is 0.0855. The molecule has 0 spiro atoms. The number of hydrogen-bond acceptors (Lipinski definition) is 9. The lowest BCUT2D eigenvalue weighted by molar-refractivity contribution is -0.152. The van der Waals surface area contributed by atoms with Crippen LogP contribution in [-0.4, -0.2) is 65.5 Å². The maximum Gasteiger partial charge on any atom is 0.338 e. The van der Waals surface area contributed by atoms with Crippen LogP contribution in [0.3, 0.4) is 0 Å². The summed E-state index contributed by atoms with van der Waals surface area (Å²) in [4.78, 5) is 34.1. The van der Waals surface area contributed by atoms with E-state index in [1.54, 1.807) is 37.6 Å². The van der Waals surface area contributed by atoms with Crippen LogP contribution in [0.4, 0.5) is 4.39 Å². The number of allylic oxidation sites excluding steroid dienone is 1. The van der Waals surface area contributed by atoms with E-state index in [0.29, 0.717) is 34.9 Å². The molecule has 0 amide bonds. The Morgan fingerprint density at radius 2 is 2.00 bits per heavy atom. The van der Waals surface area contributed by atoms with Crippen molar-refractivity contribution in [3.63, 3.8) is 0 Å². The summed E-state index contributed by atoms with van der Waals surface area (Å²) in [6.45, 7) is 3.83. The van der Waals surface area contributed by atoms with E-state index in [1.165, 1.54) is 21.7 Å². The molecule has 1 unspecified atom stereocenters. The van der Waals surface area contributed by atoms with Crippen LogP contribution in [0.2, 0.25) is 0 Å². The number of carbonyl (C=O) groups excluding carboxylic acids is 1. The van der Waals surface area contributed by atoms with Gasteiger partial charge in [-0.05, 0) is 67.1 Å². The molecule has 14 heteroatoms. The lowest BCUT2D eigenvalue weighted by atomic mass is 9.70. The molecule has 220 valence electrons. The molecular formula is C27H30BrFN4O6S2. The van der Waals surface area contributed by atoms with Crippen LogP contribution in [0, 0.1) is 17.2 Å². The van der Waals surface area contributed by atoms with Crippen molar-refractivity contribution in [3.8, 4) is 0 Å². The van der Waals surface area contributed by atoms with Crippen molar-refractivity contribution in [1.29, 1.82) is 0 Å². The van der Waals surface area contributed by atoms with Crippen LogP contribution in [0.15, 0.2) is 50.5 Å². The first-order valence-corrected chi connectivity index (χ1v) is 16.5. The Morgan fingerprint density at radius 3 is 2.61 bits per heavy atom. The standard InChI is InChI=1S/C27H30BrFN4O6S2/c1-3-39-25(34)19-21(15-7-10-33(11-8-15)41(37,38)16-13-27(2,14-16)26(35)36)31-23(24-30-9-12-40-24)32-22(19)17-5-4-6-18(29)20(17)28/h4-6,9,12,15-16,22H,3,7-8,10-11,13-14H2,1-2H3,(H,31,32)(H,35,36). The van der Waals surface area contributed by atoms with E-state index in [1.807, 2.05) is 0 Å². The van der Waals surface area contributed by atoms with Gasteiger partial charge in [0.2, 0.25) is 10.0 Å². The highest BCUT2D eigenvalue weighted by atomic mass is 79.9. The minimum atomic E-state index is -3.67. The average molecular weight is 670 g/mol. The second-order valence-electron chi connectivity index (χ2n) is 10.6. The van der Waals surface area contributed by atoms with Crippen LogP contribution in [0.5, 0.6) is 0 Å². The van der Waals surface area contributed by atoms with Gasteiger partial charge < -0.3 is 15.2 Å². The number of benzene rings is 1. The highest BCUT2D eigenvalue weighted by molar-refractivity contribution is 9.10. The van der Waals surface area contributed by atoms with E-state index in [-0.39, 0.29) is 48.5 Å². The summed E-state index contributed by atoms with van der Waals surface area (Å²) in [6.07, 6.45) is 2.64. The highest BCUT2D eigenvalue weighted by Gasteiger charge is 2.53. The number of piperidine rings is 1. The van der Waals surface area contributed by atoms with Crippen LogP contribution in [0.1, 0.15) is 56.1 Å². The molecule has 0 radical (unpaired) electrons. The quantitative estimate of drug-likeness (QED) is 0.398. The van der Waals surface area contributed by atoms with Crippen LogP contribution in [0.25, 0.3) is 0 Å². The molecule has 2 aromatic rings. The molecule has 1 aromatic heterocycles. The number of ether oxygens (including phenoxy) is 1. The van der Waals surface area contributed by atoms with Gasteiger partial charge in [0.15, 0.2) is 10.8 Å². The highest BCUT2D eigenvalue weighted by Crippen LogP contribution is 2.46. The molecule has 3 heterocycles.